The average Bonchev–Trinajstić information content (AvgIpc) is 0.966. The molecule has 0 rings (SSSR count). The molecule has 0 bridgehead atoms. The first kappa shape index (κ1) is 94.0. The summed E-state index contributed by atoms with van der Waals surface area (Å²) >= 11 is 0. The van der Waals surface area contributed by atoms with Gasteiger partial charge in [0.15, 0.2) is 12.2 Å². The summed E-state index contributed by atoms with van der Waals surface area (Å²) in [5.74, 6) is -2.23. The van der Waals surface area contributed by atoms with Crippen LogP contribution in [0.5, 0.6) is 0 Å². The normalized spacial score (nSPS) is 14.5. The van der Waals surface area contributed by atoms with Crippen LogP contribution in [0.1, 0.15) is 323 Å². The number of hydrogen-bond donors (Lipinski definition) is 3. The number of unbranched alkanes of at least 4 members (excludes halogenated alkanes) is 30. The summed E-state index contributed by atoms with van der Waals surface area (Å²) < 4.78 is 68.4. The molecule has 0 aliphatic carbocycles. The van der Waals surface area contributed by atoms with Crippen molar-refractivity contribution in [1.29, 1.82) is 0 Å². The molecule has 0 aromatic rings. The van der Waals surface area contributed by atoms with E-state index in [1.54, 1.807) is 0 Å². The highest BCUT2D eigenvalue weighted by atomic mass is 31.2. The Bertz CT molecular complexity index is 2240. The van der Waals surface area contributed by atoms with Gasteiger partial charge in [-0.15, -0.1) is 0 Å². The van der Waals surface area contributed by atoms with Crippen LogP contribution < -0.4 is 0 Å². The number of aliphatic hydroxyl groups is 1. The third kappa shape index (κ3) is 70.4. The second-order valence-electron chi connectivity index (χ2n) is 25.6. The molecule has 0 aliphatic heterocycles. The fourth-order valence-corrected chi connectivity index (χ4v) is 11.7. The smallest absolute Gasteiger partial charge is 0.462 e. The zero-order chi connectivity index (χ0) is 71.8. The van der Waals surface area contributed by atoms with Gasteiger partial charge in [-0.3, -0.25) is 37.3 Å². The van der Waals surface area contributed by atoms with Crippen molar-refractivity contribution < 1.29 is 80.2 Å². The molecule has 0 heterocycles. The molecule has 0 spiro atoms. The minimum atomic E-state index is -4.98. The second kappa shape index (κ2) is 71.4. The number of allylic oxidation sites excluding steroid dienone is 16. The lowest BCUT2D eigenvalue weighted by Gasteiger charge is -2.21. The highest BCUT2D eigenvalue weighted by molar-refractivity contribution is 7.47. The molecular formula is C79H138O17P2. The van der Waals surface area contributed by atoms with E-state index in [-0.39, 0.29) is 25.7 Å². The molecule has 0 aromatic heterocycles. The van der Waals surface area contributed by atoms with Crippen molar-refractivity contribution in [3.05, 3.63) is 97.2 Å². The maximum atomic E-state index is 13.1. The molecule has 0 saturated heterocycles. The van der Waals surface area contributed by atoms with Crippen LogP contribution in [0.3, 0.4) is 0 Å². The Morgan fingerprint density at radius 2 is 0.531 bits per heavy atom. The lowest BCUT2D eigenvalue weighted by molar-refractivity contribution is -0.161. The predicted molar refractivity (Wildman–Crippen MR) is 399 cm³/mol. The zero-order valence-electron chi connectivity index (χ0n) is 61.7. The molecule has 3 N–H and O–H groups in total. The van der Waals surface area contributed by atoms with E-state index < -0.39 is 97.5 Å². The van der Waals surface area contributed by atoms with Gasteiger partial charge in [-0.2, -0.15) is 0 Å². The van der Waals surface area contributed by atoms with Gasteiger partial charge in [-0.05, 0) is 148 Å². The van der Waals surface area contributed by atoms with Gasteiger partial charge in [0.05, 0.1) is 26.4 Å². The maximum Gasteiger partial charge on any atom is 0.472 e. The number of phosphoric acid groups is 2. The monoisotopic (exact) mass is 1420 g/mol. The van der Waals surface area contributed by atoms with Crippen molar-refractivity contribution >= 4 is 39.5 Å². The number of carbonyl (C=O) groups is 4. The summed E-state index contributed by atoms with van der Waals surface area (Å²) in [6.07, 6.45) is 74.0. The van der Waals surface area contributed by atoms with E-state index in [4.69, 9.17) is 37.0 Å². The second-order valence-corrected chi connectivity index (χ2v) is 28.5. The highest BCUT2D eigenvalue weighted by Crippen LogP contribution is 2.45. The fourth-order valence-electron chi connectivity index (χ4n) is 10.1. The van der Waals surface area contributed by atoms with Gasteiger partial charge in [-0.25, -0.2) is 9.13 Å². The SMILES string of the molecule is CC/C=C\C/C=C\C/C=C\C/C=C\C/C=C\CCCCCC(=O)OCC(COP(=O)(O)OCC(O)COP(=O)(O)OCC(COC(=O)CCCCCCC/C=C\CCCCCC)OC(=O)CCCCCCC/C=C\CCCCCC)OC(=O)CCCCCCC/C=C\CCCCCC. The van der Waals surface area contributed by atoms with Crippen molar-refractivity contribution in [2.45, 2.75) is 341 Å². The summed E-state index contributed by atoms with van der Waals surface area (Å²) in [5.41, 5.74) is 0. The summed E-state index contributed by atoms with van der Waals surface area (Å²) in [6, 6.07) is 0. The van der Waals surface area contributed by atoms with Gasteiger partial charge < -0.3 is 33.8 Å². The molecule has 5 atom stereocenters. The van der Waals surface area contributed by atoms with E-state index in [1.165, 1.54) is 77.0 Å². The maximum absolute atomic E-state index is 13.1. The zero-order valence-corrected chi connectivity index (χ0v) is 63.5. The van der Waals surface area contributed by atoms with Gasteiger partial charge in [0.1, 0.15) is 19.3 Å². The fraction of sp³-hybridized carbons (Fsp3) is 0.747. The molecule has 0 aromatic carbocycles. The molecule has 0 radical (unpaired) electrons. The molecule has 98 heavy (non-hydrogen) atoms. The molecule has 0 fully saturated rings. The molecule has 17 nitrogen and oxygen atoms in total. The van der Waals surface area contributed by atoms with Crippen molar-refractivity contribution in [1.82, 2.24) is 0 Å². The molecule has 19 heteroatoms. The van der Waals surface area contributed by atoms with Crippen LogP contribution in [0.25, 0.3) is 0 Å². The number of esters is 4. The van der Waals surface area contributed by atoms with E-state index >= 15 is 0 Å². The minimum Gasteiger partial charge on any atom is -0.462 e. The number of phosphoric ester groups is 2. The Kier molecular flexibility index (Phi) is 68.4. The number of rotatable bonds is 72. The lowest BCUT2D eigenvalue weighted by Crippen LogP contribution is -2.30. The van der Waals surface area contributed by atoms with Gasteiger partial charge in [0.2, 0.25) is 0 Å². The van der Waals surface area contributed by atoms with E-state index in [0.717, 1.165) is 167 Å². The van der Waals surface area contributed by atoms with Gasteiger partial charge in [0, 0.05) is 25.7 Å². The van der Waals surface area contributed by atoms with Crippen LogP contribution in [0, 0.1) is 0 Å². The molecule has 0 amide bonds. The molecule has 566 valence electrons. The quantitative estimate of drug-likeness (QED) is 0.0169. The number of aliphatic hydroxyl groups excluding tert-OH is 1. The van der Waals surface area contributed by atoms with Crippen molar-refractivity contribution in [2.75, 3.05) is 39.6 Å². The van der Waals surface area contributed by atoms with Gasteiger partial charge in [0.25, 0.3) is 0 Å². The highest BCUT2D eigenvalue weighted by Gasteiger charge is 2.30. The largest absolute Gasteiger partial charge is 0.472 e. The summed E-state index contributed by atoms with van der Waals surface area (Å²) in [4.78, 5) is 72.8. The van der Waals surface area contributed by atoms with Crippen LogP contribution in [-0.4, -0.2) is 96.7 Å². The van der Waals surface area contributed by atoms with E-state index in [1.807, 2.05) is 0 Å². The van der Waals surface area contributed by atoms with Crippen LogP contribution in [-0.2, 0) is 65.4 Å². The van der Waals surface area contributed by atoms with Gasteiger partial charge >= 0.3 is 39.5 Å². The number of carbonyl (C=O) groups excluding carboxylic acids is 4. The van der Waals surface area contributed by atoms with Gasteiger partial charge in [-0.1, -0.05) is 247 Å². The summed E-state index contributed by atoms with van der Waals surface area (Å²) in [5, 5.41) is 10.6. The predicted octanol–water partition coefficient (Wildman–Crippen LogP) is 22.0. The number of ether oxygens (including phenoxy) is 4. The topological polar surface area (TPSA) is 237 Å². The van der Waals surface area contributed by atoms with E-state index in [9.17, 15) is 43.2 Å². The Balaban J connectivity index is 5.36. The van der Waals surface area contributed by atoms with Crippen LogP contribution in [0.4, 0.5) is 0 Å². The van der Waals surface area contributed by atoms with Crippen LogP contribution >= 0.6 is 15.6 Å². The van der Waals surface area contributed by atoms with Crippen molar-refractivity contribution in [3.8, 4) is 0 Å². The lowest BCUT2D eigenvalue weighted by atomic mass is 10.1. The Hall–Kier alpha value is -4.02. The molecular weight excluding hydrogens is 1280 g/mol. The Morgan fingerprint density at radius 1 is 0.296 bits per heavy atom. The molecule has 5 unspecified atom stereocenters. The van der Waals surface area contributed by atoms with E-state index in [0.29, 0.717) is 25.7 Å². The summed E-state index contributed by atoms with van der Waals surface area (Å²) in [6.45, 7) is 4.67. The minimum absolute atomic E-state index is 0.0769. The molecule has 0 aliphatic rings. The van der Waals surface area contributed by atoms with E-state index in [2.05, 4.69) is 125 Å². The van der Waals surface area contributed by atoms with Crippen LogP contribution in [0.15, 0.2) is 97.2 Å². The van der Waals surface area contributed by atoms with Crippen molar-refractivity contribution in [2.24, 2.45) is 0 Å². The first-order valence-corrected chi connectivity index (χ1v) is 41.5. The Labute approximate surface area is 595 Å². The van der Waals surface area contributed by atoms with Crippen molar-refractivity contribution in [3.63, 3.8) is 0 Å². The molecule has 0 saturated carbocycles. The standard InChI is InChI=1S/C79H138O17P2/c1-5-9-13-17-21-25-29-33-34-35-36-37-38-42-44-48-52-56-60-64-77(82)90-70-75(96-79(84)66-62-58-54-50-46-41-32-28-24-20-16-12-8-4)72-94-98(87,88)92-68-73(80)67-91-97(85,86)93-71-74(95-78(83)65-61-57-53-49-45-40-31-27-23-19-15-11-7-3)69-89-76(81)63-59-55-51-47-43-39-30-26-22-18-14-10-6-2/h9,13,21,25-28,30-34,36-37,42,44,73-75,80H,5-8,10-12,14-20,22-24,29,35,38-41,43,45-72H2,1-4H3,(H,85,86)(H,87,88)/b13-9-,25-21-,30-26-,31-27-,32-28-,34-33-,37-36-,44-42-. The third-order valence-electron chi connectivity index (χ3n) is 16.0. The van der Waals surface area contributed by atoms with Crippen LogP contribution in [0.2, 0.25) is 0 Å². The number of hydrogen-bond acceptors (Lipinski definition) is 15. The average molecular weight is 1420 g/mol. The Morgan fingerprint density at radius 3 is 0.837 bits per heavy atom. The first-order valence-electron chi connectivity index (χ1n) is 38.5. The summed E-state index contributed by atoms with van der Waals surface area (Å²) in [7, 11) is -9.96. The first-order chi connectivity index (χ1) is 47.7. The third-order valence-corrected chi connectivity index (χ3v) is 17.9.